The van der Waals surface area contributed by atoms with Crippen molar-refractivity contribution in [1.82, 2.24) is 0 Å². The van der Waals surface area contributed by atoms with Gasteiger partial charge in [-0.2, -0.15) is 0 Å². The highest BCUT2D eigenvalue weighted by atomic mass is 32.8. The molecule has 0 fully saturated rings. The van der Waals surface area contributed by atoms with Crippen LogP contribution in [0, 0.1) is 0 Å². The van der Waals surface area contributed by atoms with Crippen molar-refractivity contribution in [2.45, 2.75) is 6.92 Å². The Bertz CT molecular complexity index is 87.7. The fourth-order valence-electron chi connectivity index (χ4n) is 0.134. The van der Waals surface area contributed by atoms with Gasteiger partial charge in [0.1, 0.15) is 0 Å². The molecule has 0 radical (unpaired) electrons. The van der Waals surface area contributed by atoms with Gasteiger partial charge in [0, 0.05) is 6.26 Å². The maximum absolute atomic E-state index is 4.85. The second kappa shape index (κ2) is 4.27. The Morgan fingerprint density at radius 2 is 2.29 bits per heavy atom. The van der Waals surface area contributed by atoms with Crippen LogP contribution in [0.3, 0.4) is 0 Å². The summed E-state index contributed by atoms with van der Waals surface area (Å²) in [7, 11) is -0.319. The first-order chi connectivity index (χ1) is 3.27. The summed E-state index contributed by atoms with van der Waals surface area (Å²) in [6.07, 6.45) is 5.27. The molecule has 7 heavy (non-hydrogen) atoms. The molecule has 42 valence electrons. The van der Waals surface area contributed by atoms with Crippen LogP contribution in [0.1, 0.15) is 6.92 Å². The lowest BCUT2D eigenvalue weighted by Gasteiger charge is -1.90. The second-order valence-electron chi connectivity index (χ2n) is 0.967. The molecule has 1 atom stereocenters. The summed E-state index contributed by atoms with van der Waals surface area (Å²) >= 11 is 4.70. The summed E-state index contributed by atoms with van der Waals surface area (Å²) < 4.78 is 4.85. The number of hydrogen-bond acceptors (Lipinski definition) is 2. The molecule has 0 bridgehead atoms. The summed E-state index contributed by atoms with van der Waals surface area (Å²) in [6.45, 7) is 1.89. The summed E-state index contributed by atoms with van der Waals surface area (Å²) in [5.74, 6) is 0. The van der Waals surface area contributed by atoms with Crippen LogP contribution in [-0.2, 0) is 25.1 Å². The Morgan fingerprint density at radius 1 is 1.71 bits per heavy atom. The van der Waals surface area contributed by atoms with Crippen LogP contribution in [0.15, 0.2) is 12.3 Å². The SMILES string of the molecule is CC=COS(C)=S. The molecule has 0 saturated carbocycles. The van der Waals surface area contributed by atoms with E-state index in [1.54, 1.807) is 6.26 Å². The quantitative estimate of drug-likeness (QED) is 0.527. The fourth-order valence-corrected chi connectivity index (χ4v) is 0.537. The summed E-state index contributed by atoms with van der Waals surface area (Å²) in [4.78, 5) is 0. The molecule has 0 spiro atoms. The van der Waals surface area contributed by atoms with Gasteiger partial charge in [0.25, 0.3) is 0 Å². The Hall–Kier alpha value is 0.110. The van der Waals surface area contributed by atoms with Gasteiger partial charge in [-0.05, 0) is 18.1 Å². The van der Waals surface area contributed by atoms with Gasteiger partial charge in [-0.15, -0.1) is 0 Å². The number of rotatable bonds is 2. The molecule has 3 heteroatoms. The Labute approximate surface area is 51.2 Å². The van der Waals surface area contributed by atoms with Crippen LogP contribution >= 0.6 is 0 Å². The molecule has 0 rings (SSSR count). The minimum absolute atomic E-state index is 0.319. The van der Waals surface area contributed by atoms with Gasteiger partial charge in [0.2, 0.25) is 0 Å². The molecule has 0 aliphatic heterocycles. The van der Waals surface area contributed by atoms with Crippen molar-refractivity contribution in [3.63, 3.8) is 0 Å². The average Bonchev–Trinajstić information content (AvgIpc) is 1.61. The fraction of sp³-hybridized carbons (Fsp3) is 0.500. The molecule has 0 amide bonds. The highest BCUT2D eigenvalue weighted by Crippen LogP contribution is 1.79. The number of allylic oxidation sites excluding steroid dienone is 1. The van der Waals surface area contributed by atoms with E-state index in [4.69, 9.17) is 15.4 Å². The van der Waals surface area contributed by atoms with E-state index in [-0.39, 0.29) is 9.74 Å². The maximum atomic E-state index is 4.85. The van der Waals surface area contributed by atoms with Crippen LogP contribution in [0.25, 0.3) is 0 Å². The van der Waals surface area contributed by atoms with E-state index < -0.39 is 0 Å². The van der Waals surface area contributed by atoms with Crippen molar-refractivity contribution in [3.8, 4) is 0 Å². The van der Waals surface area contributed by atoms with Crippen LogP contribution in [0.2, 0.25) is 0 Å². The van der Waals surface area contributed by atoms with E-state index in [2.05, 4.69) is 0 Å². The maximum Gasteiger partial charge on any atom is 0.0970 e. The predicted molar refractivity (Wildman–Crippen MR) is 36.6 cm³/mol. The van der Waals surface area contributed by atoms with Gasteiger partial charge in [-0.1, -0.05) is 6.08 Å². The molecular formula is C4H8OS2. The molecule has 0 aromatic heterocycles. The normalized spacial score (nSPS) is 14.6. The van der Waals surface area contributed by atoms with E-state index in [9.17, 15) is 0 Å². The zero-order chi connectivity index (χ0) is 5.70. The van der Waals surface area contributed by atoms with Gasteiger partial charge in [0.15, 0.2) is 0 Å². The van der Waals surface area contributed by atoms with Crippen LogP contribution in [0.5, 0.6) is 0 Å². The van der Waals surface area contributed by atoms with Crippen molar-refractivity contribution in [1.29, 1.82) is 0 Å². The van der Waals surface area contributed by atoms with Gasteiger partial charge in [-0.25, -0.2) is 0 Å². The molecule has 0 aromatic rings. The zero-order valence-electron chi connectivity index (χ0n) is 4.38. The first-order valence-corrected chi connectivity index (χ1v) is 4.37. The highest BCUT2D eigenvalue weighted by molar-refractivity contribution is 8.25. The highest BCUT2D eigenvalue weighted by Gasteiger charge is 1.71. The molecule has 1 nitrogen and oxygen atoms in total. The van der Waals surface area contributed by atoms with Gasteiger partial charge < -0.3 is 4.18 Å². The third-order valence-corrected chi connectivity index (χ3v) is 0.945. The van der Waals surface area contributed by atoms with Gasteiger partial charge >= 0.3 is 0 Å². The first kappa shape index (κ1) is 7.11. The van der Waals surface area contributed by atoms with Crippen molar-refractivity contribution < 1.29 is 4.18 Å². The molecular weight excluding hydrogens is 128 g/mol. The zero-order valence-corrected chi connectivity index (χ0v) is 6.01. The van der Waals surface area contributed by atoms with E-state index in [0.717, 1.165) is 0 Å². The second-order valence-corrected chi connectivity index (χ2v) is 3.37. The topological polar surface area (TPSA) is 9.23 Å². The molecule has 0 heterocycles. The lowest BCUT2D eigenvalue weighted by atomic mass is 10.8. The molecule has 0 aliphatic rings. The van der Waals surface area contributed by atoms with Crippen molar-refractivity contribution in [3.05, 3.63) is 12.3 Å². The Kier molecular flexibility index (Phi) is 4.34. The largest absolute Gasteiger partial charge is 0.432 e. The lowest BCUT2D eigenvalue weighted by molar-refractivity contribution is 0.562. The molecule has 1 unspecified atom stereocenters. The van der Waals surface area contributed by atoms with Gasteiger partial charge in [-0.3, -0.25) is 0 Å². The van der Waals surface area contributed by atoms with Gasteiger partial charge in [0.05, 0.1) is 16.0 Å². The summed E-state index contributed by atoms with van der Waals surface area (Å²) in [6, 6.07) is 0. The third kappa shape index (κ3) is 6.11. The van der Waals surface area contributed by atoms with Crippen molar-refractivity contribution in [2.24, 2.45) is 0 Å². The molecule has 0 N–H and O–H groups in total. The molecule has 0 aromatic carbocycles. The minimum Gasteiger partial charge on any atom is -0.432 e. The Morgan fingerprint density at radius 3 is 2.43 bits per heavy atom. The molecule has 0 aliphatic carbocycles. The van der Waals surface area contributed by atoms with Crippen LogP contribution < -0.4 is 0 Å². The van der Waals surface area contributed by atoms with E-state index >= 15 is 0 Å². The molecule has 0 saturated heterocycles. The standard InChI is InChI=1S/C4H8OS2/c1-3-4-5-7(2)6/h3-4H,1-2H3. The smallest absolute Gasteiger partial charge is 0.0970 e. The summed E-state index contributed by atoms with van der Waals surface area (Å²) in [5.41, 5.74) is 0. The monoisotopic (exact) mass is 136 g/mol. The average molecular weight is 136 g/mol. The van der Waals surface area contributed by atoms with Crippen molar-refractivity contribution in [2.75, 3.05) is 6.26 Å². The van der Waals surface area contributed by atoms with Crippen LogP contribution in [-0.4, -0.2) is 6.26 Å². The lowest BCUT2D eigenvalue weighted by Crippen LogP contribution is -1.80. The minimum atomic E-state index is -0.319. The predicted octanol–water partition coefficient (Wildman–Crippen LogP) is 1.16. The number of hydrogen-bond donors (Lipinski definition) is 0. The first-order valence-electron chi connectivity index (χ1n) is 1.89. The third-order valence-electron chi connectivity index (χ3n) is 0.327. The van der Waals surface area contributed by atoms with E-state index in [1.807, 2.05) is 19.3 Å². The van der Waals surface area contributed by atoms with E-state index in [0.29, 0.717) is 0 Å². The Balaban J connectivity index is 3.14. The van der Waals surface area contributed by atoms with Crippen molar-refractivity contribution >= 4 is 20.9 Å². The summed E-state index contributed by atoms with van der Waals surface area (Å²) in [5, 5.41) is 0. The van der Waals surface area contributed by atoms with E-state index in [1.165, 1.54) is 0 Å². The van der Waals surface area contributed by atoms with Crippen LogP contribution in [0.4, 0.5) is 0 Å².